The van der Waals surface area contributed by atoms with Crippen molar-refractivity contribution in [1.82, 2.24) is 15.1 Å². The van der Waals surface area contributed by atoms with Crippen molar-refractivity contribution in [3.05, 3.63) is 58.9 Å². The zero-order valence-corrected chi connectivity index (χ0v) is 17.7. The van der Waals surface area contributed by atoms with E-state index in [1.165, 1.54) is 5.57 Å². The highest BCUT2D eigenvalue weighted by molar-refractivity contribution is 6.29. The molecule has 2 heterocycles. The number of carboxylic acids is 1. The Morgan fingerprint density at radius 3 is 2.63 bits per heavy atom. The molecular weight excluding hydrogens is 406 g/mol. The molecule has 160 valence electrons. The topological polar surface area (TPSA) is 84.8 Å². The lowest BCUT2D eigenvalue weighted by Gasteiger charge is -2.25. The van der Waals surface area contributed by atoms with Crippen molar-refractivity contribution in [2.75, 3.05) is 32.8 Å². The van der Waals surface area contributed by atoms with Gasteiger partial charge >= 0.3 is 5.97 Å². The molecule has 0 saturated heterocycles. The number of rotatable bonds is 10. The Bertz CT molecular complexity index is 856. The Morgan fingerprint density at radius 1 is 1.23 bits per heavy atom. The van der Waals surface area contributed by atoms with Crippen molar-refractivity contribution in [2.45, 2.75) is 25.9 Å². The van der Waals surface area contributed by atoms with Crippen LogP contribution >= 0.6 is 11.6 Å². The van der Waals surface area contributed by atoms with E-state index in [1.807, 2.05) is 30.3 Å². The van der Waals surface area contributed by atoms with Crippen LogP contribution in [-0.4, -0.2) is 65.1 Å². The van der Waals surface area contributed by atoms with Crippen LogP contribution in [0.15, 0.2) is 42.5 Å². The Morgan fingerprint density at radius 2 is 2.03 bits per heavy atom. The Kier molecular flexibility index (Phi) is 8.19. The average Bonchev–Trinajstić information content (AvgIpc) is 2.76. The van der Waals surface area contributed by atoms with Crippen LogP contribution in [-0.2, 0) is 16.0 Å². The molecule has 7 nitrogen and oxygen atoms in total. The molecule has 8 heteroatoms. The summed E-state index contributed by atoms with van der Waals surface area (Å²) in [5.74, 6) is -0.175. The third-order valence-electron chi connectivity index (χ3n) is 4.92. The Balaban J connectivity index is 1.42. The van der Waals surface area contributed by atoms with Gasteiger partial charge < -0.3 is 14.6 Å². The van der Waals surface area contributed by atoms with Gasteiger partial charge in [-0.25, -0.2) is 4.79 Å². The highest BCUT2D eigenvalue weighted by Crippen LogP contribution is 2.21. The molecule has 1 atom stereocenters. The van der Waals surface area contributed by atoms with Crippen LogP contribution in [0, 0.1) is 0 Å². The van der Waals surface area contributed by atoms with E-state index >= 15 is 0 Å². The van der Waals surface area contributed by atoms with Crippen molar-refractivity contribution < 1.29 is 19.4 Å². The monoisotopic (exact) mass is 431 g/mol. The third-order valence-corrected chi connectivity index (χ3v) is 5.12. The van der Waals surface area contributed by atoms with Crippen molar-refractivity contribution in [3.63, 3.8) is 0 Å². The summed E-state index contributed by atoms with van der Waals surface area (Å²) in [4.78, 5) is 13.5. The normalized spacial score (nSPS) is 15.5. The molecule has 0 bridgehead atoms. The summed E-state index contributed by atoms with van der Waals surface area (Å²) in [5, 5.41) is 17.6. The predicted molar refractivity (Wildman–Crippen MR) is 115 cm³/mol. The molecule has 1 aromatic carbocycles. The second-order valence-corrected chi connectivity index (χ2v) is 7.39. The number of halogens is 1. The van der Waals surface area contributed by atoms with Crippen LogP contribution in [0.4, 0.5) is 0 Å². The van der Waals surface area contributed by atoms with E-state index < -0.39 is 12.1 Å². The minimum absolute atomic E-state index is 0.337. The second kappa shape index (κ2) is 11.1. The Labute approximate surface area is 181 Å². The van der Waals surface area contributed by atoms with Crippen LogP contribution < -0.4 is 4.74 Å². The van der Waals surface area contributed by atoms with Crippen LogP contribution in [0.3, 0.4) is 0 Å². The van der Waals surface area contributed by atoms with Crippen LogP contribution in [0.1, 0.15) is 24.6 Å². The van der Waals surface area contributed by atoms with E-state index in [9.17, 15) is 9.90 Å². The molecule has 30 heavy (non-hydrogen) atoms. The molecule has 0 saturated carbocycles. The van der Waals surface area contributed by atoms with Gasteiger partial charge in [0.2, 0.25) is 0 Å². The lowest BCUT2D eigenvalue weighted by Crippen LogP contribution is -2.32. The molecule has 0 spiro atoms. The average molecular weight is 432 g/mol. The van der Waals surface area contributed by atoms with E-state index in [0.29, 0.717) is 24.8 Å². The fourth-order valence-electron chi connectivity index (χ4n) is 3.28. The smallest absolute Gasteiger partial charge is 0.333 e. The molecule has 0 radical (unpaired) electrons. The molecule has 1 N–H and O–H groups in total. The number of hydrogen-bond acceptors (Lipinski definition) is 6. The summed E-state index contributed by atoms with van der Waals surface area (Å²) in [6.45, 7) is 5.35. The molecule has 0 fully saturated rings. The summed E-state index contributed by atoms with van der Waals surface area (Å²) in [5.41, 5.74) is 2.98. The van der Waals surface area contributed by atoms with E-state index in [0.717, 1.165) is 43.1 Å². The predicted octanol–water partition coefficient (Wildman–Crippen LogP) is 3.33. The van der Waals surface area contributed by atoms with Crippen molar-refractivity contribution in [3.8, 4) is 5.75 Å². The maximum atomic E-state index is 11.2. The van der Waals surface area contributed by atoms with Crippen LogP contribution in [0.25, 0.3) is 5.57 Å². The van der Waals surface area contributed by atoms with Gasteiger partial charge in [0.1, 0.15) is 12.4 Å². The first-order chi connectivity index (χ1) is 14.5. The molecule has 2 aromatic rings. The summed E-state index contributed by atoms with van der Waals surface area (Å²) in [6.07, 6.45) is 2.60. The van der Waals surface area contributed by atoms with Gasteiger partial charge in [-0.15, -0.1) is 10.2 Å². The number of benzene rings is 1. The number of ether oxygens (including phenoxy) is 2. The van der Waals surface area contributed by atoms with Crippen molar-refractivity contribution in [1.29, 1.82) is 0 Å². The third kappa shape index (κ3) is 6.52. The van der Waals surface area contributed by atoms with Crippen molar-refractivity contribution >= 4 is 23.1 Å². The molecule has 0 aliphatic carbocycles. The minimum atomic E-state index is -0.945. The van der Waals surface area contributed by atoms with Gasteiger partial charge in [0.25, 0.3) is 0 Å². The first kappa shape index (κ1) is 22.2. The lowest BCUT2D eigenvalue weighted by molar-refractivity contribution is -0.149. The molecule has 1 aromatic heterocycles. The van der Waals surface area contributed by atoms with Gasteiger partial charge in [0, 0.05) is 32.7 Å². The fourth-order valence-corrected chi connectivity index (χ4v) is 3.38. The summed E-state index contributed by atoms with van der Waals surface area (Å²) >= 11 is 5.79. The van der Waals surface area contributed by atoms with Crippen molar-refractivity contribution in [2.24, 2.45) is 0 Å². The number of carbonyl (C=O) groups is 1. The van der Waals surface area contributed by atoms with Gasteiger partial charge in [-0.05, 0) is 48.7 Å². The summed E-state index contributed by atoms with van der Waals surface area (Å²) in [7, 11) is 0. The van der Waals surface area contributed by atoms with E-state index in [4.69, 9.17) is 21.1 Å². The number of hydrogen-bond donors (Lipinski definition) is 1. The maximum absolute atomic E-state index is 11.2. The van der Waals surface area contributed by atoms with Gasteiger partial charge in [-0.2, -0.15) is 0 Å². The lowest BCUT2D eigenvalue weighted by atomic mass is 10.0. The van der Waals surface area contributed by atoms with Gasteiger partial charge in [0.05, 0.1) is 5.69 Å². The first-order valence-electron chi connectivity index (χ1n) is 10.0. The number of aromatic nitrogens is 2. The van der Waals surface area contributed by atoms with E-state index in [1.54, 1.807) is 13.0 Å². The fraction of sp³-hybridized carbons (Fsp3) is 0.409. The summed E-state index contributed by atoms with van der Waals surface area (Å²) in [6, 6.07) is 11.2. The molecule has 1 unspecified atom stereocenters. The largest absolute Gasteiger partial charge is 0.492 e. The van der Waals surface area contributed by atoms with Gasteiger partial charge in [-0.1, -0.05) is 29.8 Å². The minimum Gasteiger partial charge on any atom is -0.492 e. The van der Waals surface area contributed by atoms with E-state index in [2.05, 4.69) is 21.2 Å². The van der Waals surface area contributed by atoms with Crippen LogP contribution in [0.5, 0.6) is 5.75 Å². The number of aliphatic carboxylic acids is 1. The number of carboxylic acid groups (broad SMARTS) is 1. The molecule has 3 rings (SSSR count). The summed E-state index contributed by atoms with van der Waals surface area (Å²) < 4.78 is 11.1. The SMILES string of the molecule is CCOC(Cc1ccc(OCCN2CC=C(c3ccc(Cl)nn3)CC2)cc1)C(=O)O. The molecule has 1 aliphatic heterocycles. The standard InChI is InChI=1S/C22H26ClN3O4/c1-2-29-20(22(27)28)15-16-3-5-18(6-4-16)30-14-13-26-11-9-17(10-12-26)19-7-8-21(23)25-24-19/h3-9,20H,2,10-15H2,1H3,(H,27,28). The Hall–Kier alpha value is -2.48. The molecule has 0 amide bonds. The first-order valence-corrected chi connectivity index (χ1v) is 10.4. The highest BCUT2D eigenvalue weighted by atomic mass is 35.5. The highest BCUT2D eigenvalue weighted by Gasteiger charge is 2.18. The maximum Gasteiger partial charge on any atom is 0.333 e. The molecule has 1 aliphatic rings. The zero-order valence-electron chi connectivity index (χ0n) is 17.0. The second-order valence-electron chi connectivity index (χ2n) is 7.00. The number of nitrogens with zero attached hydrogens (tertiary/aromatic N) is 3. The van der Waals surface area contributed by atoms with Gasteiger partial charge in [-0.3, -0.25) is 4.90 Å². The van der Waals surface area contributed by atoms with Crippen LogP contribution in [0.2, 0.25) is 5.15 Å². The molecular formula is C22H26ClN3O4. The van der Waals surface area contributed by atoms with E-state index in [-0.39, 0.29) is 0 Å². The quantitative estimate of drug-likeness (QED) is 0.617. The zero-order chi connectivity index (χ0) is 21.3. The van der Waals surface area contributed by atoms with Gasteiger partial charge in [0.15, 0.2) is 11.3 Å².